The molecular weight excluding hydrogens is 203 g/mol. The molecule has 4 heteroatoms. The van der Waals surface area contributed by atoms with Gasteiger partial charge in [-0.05, 0) is 18.6 Å². The van der Waals surface area contributed by atoms with Crippen molar-refractivity contribution in [1.82, 2.24) is 0 Å². The van der Waals surface area contributed by atoms with Gasteiger partial charge in [0.25, 0.3) is 0 Å². The number of phenolic OH excluding ortho intramolecular Hbond substituents is 1. The average molecular weight is 217 g/mol. The van der Waals surface area contributed by atoms with Crippen molar-refractivity contribution in [3.05, 3.63) is 29.8 Å². The Bertz CT molecular complexity index is 312. The van der Waals surface area contributed by atoms with E-state index in [4.69, 9.17) is 4.74 Å². The van der Waals surface area contributed by atoms with Crippen LogP contribution in [-0.4, -0.2) is 47.2 Å². The predicted molar refractivity (Wildman–Crippen MR) is 59.1 cm³/mol. The summed E-state index contributed by atoms with van der Waals surface area (Å²) in [5.41, 5.74) is 0.226. The molecule has 0 amide bonds. The normalized spacial score (nSPS) is 9.13. The second-order valence-electron chi connectivity index (χ2n) is 3.01. The fourth-order valence-electron chi connectivity index (χ4n) is 1.03. The number of rotatable bonds is 4. The van der Waals surface area contributed by atoms with E-state index in [2.05, 4.69) is 0 Å². The van der Waals surface area contributed by atoms with Gasteiger partial charge >= 0.3 is 5.97 Å². The van der Waals surface area contributed by atoms with Crippen LogP contribution in [-0.2, 0) is 4.74 Å². The van der Waals surface area contributed by atoms with Crippen LogP contribution in [0.25, 0.3) is 0 Å². The fourth-order valence-corrected chi connectivity index (χ4v) is 1.03. The Labute approximate surface area is 112 Å². The number of aromatic hydroxyl groups is 1. The molecule has 0 heterocycles. The summed E-state index contributed by atoms with van der Waals surface area (Å²) in [4.78, 5) is 11.4. The average Bonchev–Trinajstić information content (AvgIpc) is 2.18. The number of unbranched alkanes of at least 4 members (excludes halogenated alkanes) is 1. The predicted octanol–water partition coefficient (Wildman–Crippen LogP) is 1.97. The summed E-state index contributed by atoms with van der Waals surface area (Å²) >= 11 is 0. The number of carbonyl (C=O) groups is 1. The van der Waals surface area contributed by atoms with Crippen LogP contribution in [0.3, 0.4) is 0 Å². The quantitative estimate of drug-likeness (QED) is 0.476. The first kappa shape index (κ1) is 14.5. The van der Waals surface area contributed by atoms with Gasteiger partial charge in [0.15, 0.2) is 0 Å². The molecule has 1 aromatic rings. The zero-order chi connectivity index (χ0) is 10.4. The first-order chi connectivity index (χ1) is 6.75. The number of para-hydroxylation sites is 1. The number of esters is 1. The third-order valence-electron chi connectivity index (χ3n) is 1.86. The van der Waals surface area contributed by atoms with Crippen LogP contribution in [0.2, 0.25) is 0 Å². The fraction of sp³-hybridized carbons (Fsp3) is 0.364. The van der Waals surface area contributed by atoms with E-state index < -0.39 is 5.97 Å². The summed E-state index contributed by atoms with van der Waals surface area (Å²) in [5.74, 6) is -0.495. The molecule has 0 fully saturated rings. The van der Waals surface area contributed by atoms with Crippen LogP contribution in [0.1, 0.15) is 30.1 Å². The van der Waals surface area contributed by atoms with Crippen LogP contribution in [0, 0.1) is 0 Å². The summed E-state index contributed by atoms with van der Waals surface area (Å²) in [5, 5.41) is 9.34. The summed E-state index contributed by atoms with van der Waals surface area (Å²) in [6.45, 7) is 2.43. The molecule has 0 saturated heterocycles. The van der Waals surface area contributed by atoms with Gasteiger partial charge in [0.1, 0.15) is 11.3 Å². The van der Waals surface area contributed by atoms with Crippen molar-refractivity contribution >= 4 is 35.5 Å². The summed E-state index contributed by atoms with van der Waals surface area (Å²) in [7, 11) is 0. The molecule has 0 aliphatic carbocycles. The second kappa shape index (κ2) is 7.74. The molecule has 77 valence electrons. The Morgan fingerprint density at radius 2 is 2.07 bits per heavy atom. The smallest absolute Gasteiger partial charge is 0.341 e. The van der Waals surface area contributed by atoms with E-state index in [9.17, 15) is 9.90 Å². The van der Waals surface area contributed by atoms with Gasteiger partial charge in [-0.2, -0.15) is 0 Å². The van der Waals surface area contributed by atoms with E-state index in [0.717, 1.165) is 12.8 Å². The maximum atomic E-state index is 11.4. The number of hydrogen-bond acceptors (Lipinski definition) is 3. The van der Waals surface area contributed by atoms with Gasteiger partial charge in [0.2, 0.25) is 0 Å². The van der Waals surface area contributed by atoms with Crippen LogP contribution >= 0.6 is 0 Å². The molecule has 0 spiro atoms. The topological polar surface area (TPSA) is 46.5 Å². The van der Waals surface area contributed by atoms with E-state index in [-0.39, 0.29) is 40.9 Å². The van der Waals surface area contributed by atoms with Crippen LogP contribution in [0.5, 0.6) is 5.75 Å². The molecule has 1 rings (SSSR count). The van der Waals surface area contributed by atoms with E-state index in [1.165, 1.54) is 6.07 Å². The van der Waals surface area contributed by atoms with Gasteiger partial charge in [-0.1, -0.05) is 25.5 Å². The van der Waals surface area contributed by atoms with Gasteiger partial charge in [-0.3, -0.25) is 0 Å². The zero-order valence-electron chi connectivity index (χ0n) is 9.19. The molecule has 0 saturated carbocycles. The van der Waals surface area contributed by atoms with E-state index in [0.29, 0.717) is 6.61 Å². The van der Waals surface area contributed by atoms with Gasteiger partial charge in [-0.25, -0.2) is 4.79 Å². The Kier molecular flexibility index (Phi) is 7.48. The molecule has 3 nitrogen and oxygen atoms in total. The molecular formula is C11H14NaO3. The van der Waals surface area contributed by atoms with E-state index >= 15 is 0 Å². The van der Waals surface area contributed by atoms with E-state index in [1.54, 1.807) is 18.2 Å². The maximum Gasteiger partial charge on any atom is 0.341 e. The first-order valence-corrected chi connectivity index (χ1v) is 4.70. The zero-order valence-corrected chi connectivity index (χ0v) is 11.2. The largest absolute Gasteiger partial charge is 0.507 e. The summed E-state index contributed by atoms with van der Waals surface area (Å²) in [6, 6.07) is 6.37. The molecule has 0 aliphatic rings. The van der Waals surface area contributed by atoms with Crippen LogP contribution in [0.4, 0.5) is 0 Å². The van der Waals surface area contributed by atoms with Crippen molar-refractivity contribution in [3.8, 4) is 5.75 Å². The van der Waals surface area contributed by atoms with Gasteiger partial charge < -0.3 is 9.84 Å². The Hall–Kier alpha value is -0.510. The van der Waals surface area contributed by atoms with Crippen molar-refractivity contribution in [2.45, 2.75) is 19.8 Å². The third-order valence-corrected chi connectivity index (χ3v) is 1.86. The minimum atomic E-state index is -0.462. The van der Waals surface area contributed by atoms with E-state index in [1.807, 2.05) is 6.92 Å². The molecule has 0 unspecified atom stereocenters. The van der Waals surface area contributed by atoms with Crippen LogP contribution in [0.15, 0.2) is 24.3 Å². The molecule has 1 N–H and O–H groups in total. The molecule has 0 bridgehead atoms. The Morgan fingerprint density at radius 1 is 1.40 bits per heavy atom. The monoisotopic (exact) mass is 217 g/mol. The van der Waals surface area contributed by atoms with Crippen molar-refractivity contribution < 1.29 is 14.6 Å². The number of carbonyl (C=O) groups excluding carboxylic acids is 1. The van der Waals surface area contributed by atoms with Crippen molar-refractivity contribution in [2.75, 3.05) is 6.61 Å². The van der Waals surface area contributed by atoms with Crippen molar-refractivity contribution in [3.63, 3.8) is 0 Å². The molecule has 0 aliphatic heterocycles. The number of phenols is 1. The Balaban J connectivity index is 0.00000196. The van der Waals surface area contributed by atoms with Gasteiger partial charge in [0.05, 0.1) is 6.61 Å². The van der Waals surface area contributed by atoms with Crippen molar-refractivity contribution in [1.29, 1.82) is 0 Å². The minimum Gasteiger partial charge on any atom is -0.507 e. The van der Waals surface area contributed by atoms with Crippen LogP contribution < -0.4 is 0 Å². The summed E-state index contributed by atoms with van der Waals surface area (Å²) in [6.07, 6.45) is 1.83. The third kappa shape index (κ3) is 4.69. The van der Waals surface area contributed by atoms with Gasteiger partial charge in [0, 0.05) is 29.6 Å². The Morgan fingerprint density at radius 3 is 2.67 bits per heavy atom. The standard InChI is InChI=1S/C11H14O3.Na/c1-2-3-8-14-11(13)9-6-4-5-7-10(9)12;/h4-7,12H,2-3,8H2,1H3;. The van der Waals surface area contributed by atoms with Crippen molar-refractivity contribution in [2.24, 2.45) is 0 Å². The number of hydrogen-bond donors (Lipinski definition) is 1. The molecule has 1 aromatic carbocycles. The molecule has 15 heavy (non-hydrogen) atoms. The van der Waals surface area contributed by atoms with Gasteiger partial charge in [-0.15, -0.1) is 0 Å². The molecule has 1 radical (unpaired) electrons. The number of benzene rings is 1. The summed E-state index contributed by atoms with van der Waals surface area (Å²) < 4.78 is 4.95. The first-order valence-electron chi connectivity index (χ1n) is 4.70. The molecule has 0 atom stereocenters. The SMILES string of the molecule is CCCCOC(=O)c1ccccc1O.[Na]. The second-order valence-corrected chi connectivity index (χ2v) is 3.01. The number of ether oxygens (including phenoxy) is 1. The molecule has 0 aromatic heterocycles. The maximum absolute atomic E-state index is 11.4. The minimum absolute atomic E-state index is 0.